The number of rotatable bonds is 4. The molecule has 26 heavy (non-hydrogen) atoms. The molecule has 0 bridgehead atoms. The van der Waals surface area contributed by atoms with Crippen LogP contribution in [0.5, 0.6) is 5.75 Å². The lowest BCUT2D eigenvalue weighted by Gasteiger charge is -2.39. The summed E-state index contributed by atoms with van der Waals surface area (Å²) in [6, 6.07) is 6.09. The molecular weight excluding hydrogens is 350 g/mol. The molecule has 3 rings (SSSR count). The van der Waals surface area contributed by atoms with Crippen LogP contribution >= 0.6 is 11.6 Å². The number of hydrogen-bond donors (Lipinski definition) is 1. The van der Waals surface area contributed by atoms with Crippen LogP contribution in [0, 0.1) is 5.92 Å². The highest BCUT2D eigenvalue weighted by Gasteiger charge is 2.28. The van der Waals surface area contributed by atoms with E-state index in [1.807, 2.05) is 44.0 Å². The number of methoxy groups -OCH3 is 1. The highest BCUT2D eigenvalue weighted by Crippen LogP contribution is 2.27. The molecule has 1 N–H and O–H groups in total. The second-order valence-electron chi connectivity index (χ2n) is 6.65. The predicted molar refractivity (Wildman–Crippen MR) is 105 cm³/mol. The summed E-state index contributed by atoms with van der Waals surface area (Å²) >= 11 is 6.05. The fraction of sp³-hybridized carbons (Fsp3) is 0.474. The van der Waals surface area contributed by atoms with Crippen LogP contribution in [0.2, 0.25) is 5.02 Å². The smallest absolute Gasteiger partial charge is 0.193 e. The molecule has 1 aromatic heterocycles. The van der Waals surface area contributed by atoms with Gasteiger partial charge in [-0.05, 0) is 24.5 Å². The Morgan fingerprint density at radius 2 is 2.31 bits per heavy atom. The van der Waals surface area contributed by atoms with Crippen molar-refractivity contribution >= 4 is 17.6 Å². The van der Waals surface area contributed by atoms with Gasteiger partial charge in [-0.1, -0.05) is 24.6 Å². The summed E-state index contributed by atoms with van der Waals surface area (Å²) in [4.78, 5) is 11.0. The highest BCUT2D eigenvalue weighted by atomic mass is 35.5. The SMILES string of the molecule is CN=C(NCc1ccc(Cl)cc1OC)N1CCC(C)C(n2ccnc2)C1. The molecule has 1 saturated heterocycles. The molecule has 0 amide bonds. The lowest BCUT2D eigenvalue weighted by Crippen LogP contribution is -2.48. The molecule has 0 aliphatic carbocycles. The van der Waals surface area contributed by atoms with Gasteiger partial charge in [-0.25, -0.2) is 4.98 Å². The Morgan fingerprint density at radius 1 is 1.46 bits per heavy atom. The molecule has 0 saturated carbocycles. The normalized spacial score (nSPS) is 20.9. The first-order valence-electron chi connectivity index (χ1n) is 8.87. The number of benzene rings is 1. The fourth-order valence-corrected chi connectivity index (χ4v) is 3.63. The Labute approximate surface area is 159 Å². The first-order chi connectivity index (χ1) is 12.6. The zero-order valence-electron chi connectivity index (χ0n) is 15.5. The van der Waals surface area contributed by atoms with E-state index < -0.39 is 0 Å². The van der Waals surface area contributed by atoms with Crippen molar-refractivity contribution in [2.24, 2.45) is 10.9 Å². The summed E-state index contributed by atoms with van der Waals surface area (Å²) in [5.41, 5.74) is 1.05. The molecule has 140 valence electrons. The molecule has 1 aliphatic heterocycles. The van der Waals surface area contributed by atoms with Crippen molar-refractivity contribution < 1.29 is 4.74 Å². The summed E-state index contributed by atoms with van der Waals surface area (Å²) in [5, 5.41) is 4.13. The Morgan fingerprint density at radius 3 is 3.00 bits per heavy atom. The molecule has 2 heterocycles. The Hall–Kier alpha value is -2.21. The van der Waals surface area contributed by atoms with Crippen LogP contribution in [0.4, 0.5) is 0 Å². The van der Waals surface area contributed by atoms with Gasteiger partial charge in [0.15, 0.2) is 5.96 Å². The largest absolute Gasteiger partial charge is 0.496 e. The second kappa shape index (κ2) is 8.45. The van der Waals surface area contributed by atoms with Gasteiger partial charge in [0.05, 0.1) is 19.5 Å². The van der Waals surface area contributed by atoms with Crippen LogP contribution in [0.25, 0.3) is 0 Å². The van der Waals surface area contributed by atoms with Gasteiger partial charge in [0, 0.05) is 49.7 Å². The summed E-state index contributed by atoms with van der Waals surface area (Å²) in [5.74, 6) is 2.29. The van der Waals surface area contributed by atoms with Gasteiger partial charge in [0.25, 0.3) is 0 Å². The first kappa shape index (κ1) is 18.6. The number of piperidine rings is 1. The van der Waals surface area contributed by atoms with Crippen molar-refractivity contribution in [2.45, 2.75) is 25.9 Å². The van der Waals surface area contributed by atoms with Crippen molar-refractivity contribution in [1.29, 1.82) is 0 Å². The van der Waals surface area contributed by atoms with Crippen LogP contribution in [0.3, 0.4) is 0 Å². The fourth-order valence-electron chi connectivity index (χ4n) is 3.47. The number of imidazole rings is 1. The molecule has 0 radical (unpaired) electrons. The number of nitrogens with one attached hydrogen (secondary N) is 1. The zero-order valence-corrected chi connectivity index (χ0v) is 16.3. The number of hydrogen-bond acceptors (Lipinski definition) is 3. The van der Waals surface area contributed by atoms with Crippen LogP contribution in [-0.2, 0) is 6.54 Å². The summed E-state index contributed by atoms with van der Waals surface area (Å²) < 4.78 is 7.63. The van der Waals surface area contributed by atoms with Gasteiger partial charge in [0.2, 0.25) is 0 Å². The van der Waals surface area contributed by atoms with Gasteiger partial charge in [-0.3, -0.25) is 4.99 Å². The highest BCUT2D eigenvalue weighted by molar-refractivity contribution is 6.30. The average Bonchev–Trinajstić information content (AvgIpc) is 3.18. The van der Waals surface area contributed by atoms with Crippen molar-refractivity contribution in [3.63, 3.8) is 0 Å². The van der Waals surface area contributed by atoms with E-state index in [0.29, 0.717) is 23.5 Å². The molecule has 7 heteroatoms. The molecule has 2 atom stereocenters. The third-order valence-electron chi connectivity index (χ3n) is 5.02. The minimum Gasteiger partial charge on any atom is -0.496 e. The molecule has 1 fully saturated rings. The zero-order chi connectivity index (χ0) is 18.5. The Kier molecular flexibility index (Phi) is 6.04. The van der Waals surface area contributed by atoms with E-state index in [1.54, 1.807) is 7.11 Å². The monoisotopic (exact) mass is 375 g/mol. The summed E-state index contributed by atoms with van der Waals surface area (Å²) in [6.45, 7) is 4.84. The van der Waals surface area contributed by atoms with Crippen LogP contribution in [0.15, 0.2) is 41.9 Å². The van der Waals surface area contributed by atoms with E-state index >= 15 is 0 Å². The van der Waals surface area contributed by atoms with Gasteiger partial charge in [0.1, 0.15) is 5.75 Å². The van der Waals surface area contributed by atoms with Crippen molar-refractivity contribution in [3.8, 4) is 5.75 Å². The van der Waals surface area contributed by atoms with Crippen LogP contribution in [-0.4, -0.2) is 47.7 Å². The van der Waals surface area contributed by atoms with E-state index in [2.05, 4.69) is 31.7 Å². The van der Waals surface area contributed by atoms with E-state index in [4.69, 9.17) is 16.3 Å². The van der Waals surface area contributed by atoms with Crippen molar-refractivity contribution in [3.05, 3.63) is 47.5 Å². The van der Waals surface area contributed by atoms with Gasteiger partial charge < -0.3 is 19.5 Å². The molecule has 0 spiro atoms. The Balaban J connectivity index is 1.67. The van der Waals surface area contributed by atoms with E-state index in [0.717, 1.165) is 36.8 Å². The summed E-state index contributed by atoms with van der Waals surface area (Å²) in [6.07, 6.45) is 6.90. The maximum atomic E-state index is 6.05. The molecular formula is C19H26ClN5O. The van der Waals surface area contributed by atoms with Crippen molar-refractivity contribution in [2.75, 3.05) is 27.2 Å². The van der Waals surface area contributed by atoms with E-state index in [1.165, 1.54) is 0 Å². The second-order valence-corrected chi connectivity index (χ2v) is 7.08. The maximum absolute atomic E-state index is 6.05. The number of ether oxygens (including phenoxy) is 1. The summed E-state index contributed by atoms with van der Waals surface area (Å²) in [7, 11) is 3.48. The van der Waals surface area contributed by atoms with Gasteiger partial charge in [-0.15, -0.1) is 0 Å². The molecule has 2 aromatic rings. The number of nitrogens with zero attached hydrogens (tertiary/aromatic N) is 4. The molecule has 1 aromatic carbocycles. The molecule has 6 nitrogen and oxygen atoms in total. The minimum atomic E-state index is 0.398. The van der Waals surface area contributed by atoms with Gasteiger partial charge >= 0.3 is 0 Å². The van der Waals surface area contributed by atoms with Gasteiger partial charge in [-0.2, -0.15) is 0 Å². The lowest BCUT2D eigenvalue weighted by atomic mass is 9.93. The lowest BCUT2D eigenvalue weighted by molar-refractivity contribution is 0.189. The number of guanidine groups is 1. The quantitative estimate of drug-likeness (QED) is 0.658. The average molecular weight is 376 g/mol. The number of halogens is 1. The molecule has 2 unspecified atom stereocenters. The first-order valence-corrected chi connectivity index (χ1v) is 9.25. The Bertz CT molecular complexity index is 746. The minimum absolute atomic E-state index is 0.398. The third kappa shape index (κ3) is 4.12. The van der Waals surface area contributed by atoms with E-state index in [-0.39, 0.29) is 0 Å². The van der Waals surface area contributed by atoms with Crippen LogP contribution in [0.1, 0.15) is 24.9 Å². The number of aliphatic imine (C=N–C) groups is 1. The topological polar surface area (TPSA) is 54.7 Å². The van der Waals surface area contributed by atoms with Crippen LogP contribution < -0.4 is 10.1 Å². The molecule has 1 aliphatic rings. The van der Waals surface area contributed by atoms with Crippen molar-refractivity contribution in [1.82, 2.24) is 19.8 Å². The third-order valence-corrected chi connectivity index (χ3v) is 5.26. The predicted octanol–water partition coefficient (Wildman–Crippen LogP) is 3.20. The van der Waals surface area contributed by atoms with E-state index in [9.17, 15) is 0 Å². The number of likely N-dealkylation sites (tertiary alicyclic amines) is 1. The standard InChI is InChI=1S/C19H26ClN5O/c1-14-6-8-24(12-17(14)25-9-7-22-13-25)19(21-2)23-11-15-4-5-16(20)10-18(15)26-3/h4-5,7,9-10,13-14,17H,6,8,11-12H2,1-3H3,(H,21,23). The maximum Gasteiger partial charge on any atom is 0.193 e. The number of aromatic nitrogens is 2.